The lowest BCUT2D eigenvalue weighted by molar-refractivity contribution is 0.0491. The molecule has 7 nitrogen and oxygen atoms in total. The number of esters is 1. The number of aryl methyl sites for hydroxylation is 1. The topological polar surface area (TPSA) is 90.0 Å². The molecule has 3 aromatic rings. The minimum absolute atomic E-state index is 0.0982. The van der Waals surface area contributed by atoms with Crippen LogP contribution < -0.4 is 0 Å². The third kappa shape index (κ3) is 3.02. The second kappa shape index (κ2) is 7.10. The highest BCUT2D eigenvalue weighted by molar-refractivity contribution is 7.89. The van der Waals surface area contributed by atoms with Gasteiger partial charge in [-0.05, 0) is 57.0 Å². The molecule has 0 aliphatic carbocycles. The number of carbonyl (C=O) groups is 1. The summed E-state index contributed by atoms with van der Waals surface area (Å²) in [6.45, 7) is 4.10. The van der Waals surface area contributed by atoms with E-state index in [1.54, 1.807) is 44.4 Å². The third-order valence-electron chi connectivity index (χ3n) is 5.05. The minimum atomic E-state index is -3.73. The predicted molar refractivity (Wildman–Crippen MR) is 101 cm³/mol. The Morgan fingerprint density at radius 3 is 2.86 bits per heavy atom. The number of nitrogens with zero attached hydrogens (tertiary/aromatic N) is 1. The molecule has 1 unspecified atom stereocenters. The van der Waals surface area contributed by atoms with Crippen LogP contribution in [0.15, 0.2) is 50.3 Å². The normalized spacial score (nSPS) is 18.0. The highest BCUT2D eigenvalue weighted by Crippen LogP contribution is 2.38. The molecule has 0 N–H and O–H groups in total. The molecule has 2 aromatic heterocycles. The van der Waals surface area contributed by atoms with E-state index in [4.69, 9.17) is 13.6 Å². The maximum absolute atomic E-state index is 13.3. The highest BCUT2D eigenvalue weighted by atomic mass is 32.2. The fourth-order valence-electron chi connectivity index (χ4n) is 3.68. The lowest BCUT2D eigenvalue weighted by atomic mass is 10.1. The summed E-state index contributed by atoms with van der Waals surface area (Å²) in [7, 11) is -3.73. The standard InChI is InChI=1S/C20H21NO6S/c1-3-25-20(22)19-13(2)15-12-14(8-9-17(15)27-19)28(23,24)21-10-4-6-16(21)18-7-5-11-26-18/h5,7-9,11-12,16H,3-4,6,10H2,1-2H3. The second-order valence-electron chi connectivity index (χ2n) is 6.72. The zero-order valence-electron chi connectivity index (χ0n) is 15.7. The van der Waals surface area contributed by atoms with E-state index in [1.807, 2.05) is 0 Å². The van der Waals surface area contributed by atoms with Gasteiger partial charge < -0.3 is 13.6 Å². The van der Waals surface area contributed by atoms with Crippen LogP contribution in [-0.4, -0.2) is 31.8 Å². The molecule has 8 heteroatoms. The molecule has 1 saturated heterocycles. The molecule has 3 heterocycles. The van der Waals surface area contributed by atoms with Crippen molar-refractivity contribution in [2.45, 2.75) is 37.6 Å². The molecular weight excluding hydrogens is 382 g/mol. The van der Waals surface area contributed by atoms with Crippen LogP contribution in [0.3, 0.4) is 0 Å². The van der Waals surface area contributed by atoms with E-state index in [0.717, 1.165) is 6.42 Å². The number of fused-ring (bicyclic) bond motifs is 1. The van der Waals surface area contributed by atoms with Gasteiger partial charge in [-0.2, -0.15) is 4.31 Å². The molecule has 0 radical (unpaired) electrons. The van der Waals surface area contributed by atoms with Gasteiger partial charge >= 0.3 is 5.97 Å². The molecule has 0 bridgehead atoms. The number of hydrogen-bond donors (Lipinski definition) is 0. The van der Waals surface area contributed by atoms with Crippen molar-refractivity contribution in [1.82, 2.24) is 4.31 Å². The SMILES string of the molecule is CCOC(=O)c1oc2ccc(S(=O)(=O)N3CCCC3c3ccco3)cc2c1C. The van der Waals surface area contributed by atoms with Gasteiger partial charge in [0.15, 0.2) is 0 Å². The van der Waals surface area contributed by atoms with E-state index in [-0.39, 0.29) is 23.3 Å². The number of hydrogen-bond acceptors (Lipinski definition) is 6. The van der Waals surface area contributed by atoms with Crippen molar-refractivity contribution in [2.24, 2.45) is 0 Å². The number of furan rings is 2. The number of rotatable bonds is 5. The van der Waals surface area contributed by atoms with Crippen LogP contribution in [0.4, 0.5) is 0 Å². The van der Waals surface area contributed by atoms with E-state index in [1.165, 1.54) is 10.4 Å². The van der Waals surface area contributed by atoms with Gasteiger partial charge in [0.1, 0.15) is 11.3 Å². The van der Waals surface area contributed by atoms with Crippen LogP contribution in [0, 0.1) is 6.92 Å². The summed E-state index contributed by atoms with van der Waals surface area (Å²) in [6, 6.07) is 7.90. The van der Waals surface area contributed by atoms with E-state index in [9.17, 15) is 13.2 Å². The summed E-state index contributed by atoms with van der Waals surface area (Å²) in [5.41, 5.74) is 1.01. The molecule has 0 saturated carbocycles. The molecule has 1 atom stereocenters. The predicted octanol–water partition coefficient (Wildman–Crippen LogP) is 4.04. The molecule has 1 aromatic carbocycles. The molecule has 148 valence electrons. The molecular formula is C20H21NO6S. The summed E-state index contributed by atoms with van der Waals surface area (Å²) < 4.78 is 44.1. The average Bonchev–Trinajstić information content (AvgIpc) is 3.41. The van der Waals surface area contributed by atoms with Gasteiger partial charge in [0.25, 0.3) is 0 Å². The van der Waals surface area contributed by atoms with Crippen LogP contribution >= 0.6 is 0 Å². The van der Waals surface area contributed by atoms with Crippen molar-refractivity contribution in [3.63, 3.8) is 0 Å². The third-order valence-corrected chi connectivity index (χ3v) is 6.95. The van der Waals surface area contributed by atoms with Crippen LogP contribution in [0.25, 0.3) is 11.0 Å². The molecule has 28 heavy (non-hydrogen) atoms. The largest absolute Gasteiger partial charge is 0.468 e. The maximum Gasteiger partial charge on any atom is 0.374 e. The van der Waals surface area contributed by atoms with Gasteiger partial charge in [-0.3, -0.25) is 0 Å². The lowest BCUT2D eigenvalue weighted by Gasteiger charge is -2.22. The van der Waals surface area contributed by atoms with E-state index in [2.05, 4.69) is 0 Å². The smallest absolute Gasteiger partial charge is 0.374 e. The Morgan fingerprint density at radius 1 is 1.32 bits per heavy atom. The van der Waals surface area contributed by atoms with Crippen LogP contribution in [0.5, 0.6) is 0 Å². The van der Waals surface area contributed by atoms with Crippen molar-refractivity contribution in [2.75, 3.05) is 13.2 Å². The fraction of sp³-hybridized carbons (Fsp3) is 0.350. The zero-order valence-corrected chi connectivity index (χ0v) is 16.5. The Kier molecular flexibility index (Phi) is 4.76. The van der Waals surface area contributed by atoms with E-state index >= 15 is 0 Å². The van der Waals surface area contributed by atoms with Gasteiger partial charge in [0.05, 0.1) is 23.8 Å². The Balaban J connectivity index is 1.74. The van der Waals surface area contributed by atoms with Gasteiger partial charge in [0.2, 0.25) is 15.8 Å². The molecule has 0 spiro atoms. The first-order valence-corrected chi connectivity index (χ1v) is 10.6. The monoisotopic (exact) mass is 403 g/mol. The van der Waals surface area contributed by atoms with Crippen molar-refractivity contribution in [1.29, 1.82) is 0 Å². The Hall–Kier alpha value is -2.58. The van der Waals surface area contributed by atoms with Crippen molar-refractivity contribution < 1.29 is 26.8 Å². The Bertz CT molecular complexity index is 1110. The average molecular weight is 403 g/mol. The first-order valence-electron chi connectivity index (χ1n) is 9.19. The van der Waals surface area contributed by atoms with Crippen molar-refractivity contribution in [3.05, 3.63) is 53.7 Å². The summed E-state index contributed by atoms with van der Waals surface area (Å²) >= 11 is 0. The minimum Gasteiger partial charge on any atom is -0.468 e. The fourth-order valence-corrected chi connectivity index (χ4v) is 5.37. The number of benzene rings is 1. The van der Waals surface area contributed by atoms with Gasteiger partial charge in [0, 0.05) is 17.5 Å². The van der Waals surface area contributed by atoms with Gasteiger partial charge in [-0.1, -0.05) is 0 Å². The summed E-state index contributed by atoms with van der Waals surface area (Å²) in [5, 5.41) is 0.581. The first kappa shape index (κ1) is 18.8. The quantitative estimate of drug-likeness (QED) is 0.597. The van der Waals surface area contributed by atoms with Crippen LogP contribution in [0.1, 0.15) is 47.7 Å². The van der Waals surface area contributed by atoms with Gasteiger partial charge in [-0.25, -0.2) is 13.2 Å². The lowest BCUT2D eigenvalue weighted by Crippen LogP contribution is -2.30. The number of sulfonamides is 1. The van der Waals surface area contributed by atoms with Crippen LogP contribution in [-0.2, 0) is 14.8 Å². The van der Waals surface area contributed by atoms with E-state index in [0.29, 0.717) is 35.3 Å². The van der Waals surface area contributed by atoms with E-state index < -0.39 is 16.0 Å². The number of carbonyl (C=O) groups excluding carboxylic acids is 1. The summed E-state index contributed by atoms with van der Waals surface area (Å²) in [6.07, 6.45) is 3.04. The van der Waals surface area contributed by atoms with Crippen molar-refractivity contribution in [3.8, 4) is 0 Å². The number of ether oxygens (including phenoxy) is 1. The molecule has 0 amide bonds. The molecule has 1 fully saturated rings. The summed E-state index contributed by atoms with van der Waals surface area (Å²) in [4.78, 5) is 12.2. The Morgan fingerprint density at radius 2 is 2.14 bits per heavy atom. The summed E-state index contributed by atoms with van der Waals surface area (Å²) in [5.74, 6) is 0.185. The maximum atomic E-state index is 13.3. The molecule has 1 aliphatic heterocycles. The van der Waals surface area contributed by atoms with Crippen molar-refractivity contribution >= 4 is 27.0 Å². The first-order chi connectivity index (χ1) is 13.4. The zero-order chi connectivity index (χ0) is 19.9. The Labute approximate surface area is 162 Å². The van der Waals surface area contributed by atoms with Crippen LogP contribution in [0.2, 0.25) is 0 Å². The second-order valence-corrected chi connectivity index (χ2v) is 8.61. The highest BCUT2D eigenvalue weighted by Gasteiger charge is 2.38. The molecule has 1 aliphatic rings. The molecule has 4 rings (SSSR count). The van der Waals surface area contributed by atoms with Gasteiger partial charge in [-0.15, -0.1) is 0 Å².